The van der Waals surface area contributed by atoms with Gasteiger partial charge in [-0.2, -0.15) is 0 Å². The van der Waals surface area contributed by atoms with Crippen molar-refractivity contribution >= 4 is 17.5 Å². The lowest BCUT2D eigenvalue weighted by atomic mass is 10.0. The second-order valence-corrected chi connectivity index (χ2v) is 5.30. The predicted octanol–water partition coefficient (Wildman–Crippen LogP) is 2.45. The monoisotopic (exact) mass is 282 g/mol. The molecule has 1 fully saturated rings. The second-order valence-electron chi connectivity index (χ2n) is 4.91. The molecule has 1 N–H and O–H groups in total. The van der Waals surface area contributed by atoms with Crippen LogP contribution in [0.25, 0.3) is 0 Å². The molecule has 2 unspecified atom stereocenters. The average molecular weight is 283 g/mol. The first-order valence-corrected chi connectivity index (χ1v) is 7.03. The van der Waals surface area contributed by atoms with Crippen LogP contribution in [0.3, 0.4) is 0 Å². The van der Waals surface area contributed by atoms with E-state index in [0.717, 1.165) is 31.7 Å². The van der Waals surface area contributed by atoms with E-state index in [-0.39, 0.29) is 11.9 Å². The number of carbonyl (C=O) groups is 1. The lowest BCUT2D eigenvalue weighted by molar-refractivity contribution is 0.0922. The van der Waals surface area contributed by atoms with E-state index in [9.17, 15) is 4.79 Å². The van der Waals surface area contributed by atoms with Crippen LogP contribution in [0.4, 0.5) is 0 Å². The zero-order valence-electron chi connectivity index (χ0n) is 11.3. The van der Waals surface area contributed by atoms with E-state index in [1.807, 2.05) is 13.8 Å². The Balaban J connectivity index is 2.04. The summed E-state index contributed by atoms with van der Waals surface area (Å²) in [6, 6.07) is 3.50. The van der Waals surface area contributed by atoms with Gasteiger partial charge in [-0.1, -0.05) is 18.5 Å². The average Bonchev–Trinajstić information content (AvgIpc) is 2.91. The molecule has 104 valence electrons. The molecule has 2 atom stereocenters. The molecule has 1 aromatic heterocycles. The number of nitrogens with one attached hydrogen (secondary N) is 1. The van der Waals surface area contributed by atoms with Crippen LogP contribution in [0.5, 0.6) is 0 Å². The number of hydrogen-bond donors (Lipinski definition) is 1. The van der Waals surface area contributed by atoms with Crippen molar-refractivity contribution in [1.29, 1.82) is 0 Å². The summed E-state index contributed by atoms with van der Waals surface area (Å²) in [5, 5.41) is 3.37. The molecule has 0 saturated carbocycles. The van der Waals surface area contributed by atoms with Crippen molar-refractivity contribution in [2.45, 2.75) is 32.7 Å². The standard InChI is InChI=1S/C14H19ClN2O2/c1-3-12-6-11(7-13(15)17-12)14(18)16-9(2)10-4-5-19-8-10/h6-7,9-10H,3-5,8H2,1-2H3,(H,16,18). The van der Waals surface area contributed by atoms with E-state index < -0.39 is 0 Å². The zero-order chi connectivity index (χ0) is 13.8. The number of pyridine rings is 1. The molecular weight excluding hydrogens is 264 g/mol. The zero-order valence-corrected chi connectivity index (χ0v) is 12.0. The van der Waals surface area contributed by atoms with Crippen molar-refractivity contribution in [2.24, 2.45) is 5.92 Å². The number of halogens is 1. The van der Waals surface area contributed by atoms with Crippen LogP contribution >= 0.6 is 11.6 Å². The highest BCUT2D eigenvalue weighted by Gasteiger charge is 2.24. The summed E-state index contributed by atoms with van der Waals surface area (Å²) in [6.07, 6.45) is 1.76. The van der Waals surface area contributed by atoms with Crippen LogP contribution in [0, 0.1) is 5.92 Å². The molecule has 1 aromatic rings. The van der Waals surface area contributed by atoms with Gasteiger partial charge in [0.15, 0.2) is 0 Å². The fourth-order valence-corrected chi connectivity index (χ4v) is 2.44. The van der Waals surface area contributed by atoms with Crippen molar-refractivity contribution in [1.82, 2.24) is 10.3 Å². The van der Waals surface area contributed by atoms with Gasteiger partial charge in [0.1, 0.15) is 5.15 Å². The minimum absolute atomic E-state index is 0.0987. The Bertz CT molecular complexity index is 459. The Morgan fingerprint density at radius 1 is 1.63 bits per heavy atom. The number of ether oxygens (including phenoxy) is 1. The van der Waals surface area contributed by atoms with Gasteiger partial charge in [-0.05, 0) is 31.9 Å². The first-order valence-electron chi connectivity index (χ1n) is 6.65. The summed E-state index contributed by atoms with van der Waals surface area (Å²) in [5.41, 5.74) is 1.40. The van der Waals surface area contributed by atoms with Crippen LogP contribution in [0.2, 0.25) is 5.15 Å². The van der Waals surface area contributed by atoms with E-state index in [4.69, 9.17) is 16.3 Å². The molecule has 4 nitrogen and oxygen atoms in total. The molecule has 0 spiro atoms. The maximum atomic E-state index is 12.2. The first-order chi connectivity index (χ1) is 9.10. The highest BCUT2D eigenvalue weighted by molar-refractivity contribution is 6.29. The molecule has 1 saturated heterocycles. The maximum Gasteiger partial charge on any atom is 0.251 e. The van der Waals surface area contributed by atoms with E-state index in [1.165, 1.54) is 0 Å². The minimum Gasteiger partial charge on any atom is -0.381 e. The van der Waals surface area contributed by atoms with Gasteiger partial charge in [0.25, 0.3) is 5.91 Å². The van der Waals surface area contributed by atoms with E-state index in [2.05, 4.69) is 10.3 Å². The molecule has 0 aromatic carbocycles. The lowest BCUT2D eigenvalue weighted by Crippen LogP contribution is -2.38. The van der Waals surface area contributed by atoms with E-state index in [1.54, 1.807) is 12.1 Å². The van der Waals surface area contributed by atoms with Crippen LogP contribution in [0.1, 0.15) is 36.3 Å². The highest BCUT2D eigenvalue weighted by atomic mass is 35.5. The smallest absolute Gasteiger partial charge is 0.251 e. The number of aromatic nitrogens is 1. The van der Waals surface area contributed by atoms with Gasteiger partial charge in [0.2, 0.25) is 0 Å². The molecule has 1 amide bonds. The SMILES string of the molecule is CCc1cc(C(=O)NC(C)C2CCOC2)cc(Cl)n1. The summed E-state index contributed by atoms with van der Waals surface area (Å²) in [7, 11) is 0. The number of rotatable bonds is 4. The van der Waals surface area contributed by atoms with E-state index in [0.29, 0.717) is 16.6 Å². The predicted molar refractivity (Wildman–Crippen MR) is 74.5 cm³/mol. The Morgan fingerprint density at radius 2 is 2.42 bits per heavy atom. The highest BCUT2D eigenvalue weighted by Crippen LogP contribution is 2.17. The molecule has 1 aliphatic rings. The third kappa shape index (κ3) is 3.67. The van der Waals surface area contributed by atoms with Crippen molar-refractivity contribution in [3.8, 4) is 0 Å². The molecule has 19 heavy (non-hydrogen) atoms. The number of aryl methyl sites for hydroxylation is 1. The first kappa shape index (κ1) is 14.3. The van der Waals surface area contributed by atoms with Crippen LogP contribution in [0.15, 0.2) is 12.1 Å². The Kier molecular flexibility index (Phi) is 4.77. The van der Waals surface area contributed by atoms with Crippen LogP contribution in [-0.2, 0) is 11.2 Å². The third-order valence-corrected chi connectivity index (χ3v) is 3.70. The molecule has 2 heterocycles. The van der Waals surface area contributed by atoms with Gasteiger partial charge in [-0.3, -0.25) is 4.79 Å². The summed E-state index contributed by atoms with van der Waals surface area (Å²) < 4.78 is 5.34. The van der Waals surface area contributed by atoms with Gasteiger partial charge in [0.05, 0.1) is 6.61 Å². The molecule has 0 radical (unpaired) electrons. The minimum atomic E-state index is -0.0987. The Labute approximate surface area is 118 Å². The Morgan fingerprint density at radius 3 is 3.05 bits per heavy atom. The molecule has 0 bridgehead atoms. The maximum absolute atomic E-state index is 12.2. The Hall–Kier alpha value is -1.13. The normalized spacial score (nSPS) is 20.3. The number of nitrogens with zero attached hydrogens (tertiary/aromatic N) is 1. The summed E-state index contributed by atoms with van der Waals surface area (Å²) in [6.45, 7) is 5.50. The van der Waals surface area contributed by atoms with Gasteiger partial charge in [-0.15, -0.1) is 0 Å². The number of carbonyl (C=O) groups excluding carboxylic acids is 1. The van der Waals surface area contributed by atoms with Crippen molar-refractivity contribution in [3.63, 3.8) is 0 Å². The fourth-order valence-electron chi connectivity index (χ4n) is 2.22. The summed E-state index contributed by atoms with van der Waals surface area (Å²) in [5.74, 6) is 0.297. The summed E-state index contributed by atoms with van der Waals surface area (Å²) >= 11 is 5.93. The fraction of sp³-hybridized carbons (Fsp3) is 0.571. The van der Waals surface area contributed by atoms with Crippen molar-refractivity contribution in [3.05, 3.63) is 28.5 Å². The quantitative estimate of drug-likeness (QED) is 0.863. The summed E-state index contributed by atoms with van der Waals surface area (Å²) in [4.78, 5) is 16.4. The van der Waals surface area contributed by atoms with Gasteiger partial charge < -0.3 is 10.1 Å². The number of amides is 1. The van der Waals surface area contributed by atoms with Crippen LogP contribution < -0.4 is 5.32 Å². The molecule has 0 aliphatic carbocycles. The molecule has 1 aliphatic heterocycles. The lowest BCUT2D eigenvalue weighted by Gasteiger charge is -2.19. The molecule has 2 rings (SSSR count). The number of hydrogen-bond acceptors (Lipinski definition) is 3. The van der Waals surface area contributed by atoms with Crippen LogP contribution in [-0.4, -0.2) is 30.1 Å². The topological polar surface area (TPSA) is 51.2 Å². The molecule has 5 heteroatoms. The molecular formula is C14H19ClN2O2. The van der Waals surface area contributed by atoms with Crippen molar-refractivity contribution in [2.75, 3.05) is 13.2 Å². The third-order valence-electron chi connectivity index (χ3n) is 3.50. The van der Waals surface area contributed by atoms with Crippen molar-refractivity contribution < 1.29 is 9.53 Å². The van der Waals surface area contributed by atoms with E-state index >= 15 is 0 Å². The van der Waals surface area contributed by atoms with Gasteiger partial charge >= 0.3 is 0 Å². The van der Waals surface area contributed by atoms with Gasteiger partial charge in [0, 0.05) is 29.8 Å². The largest absolute Gasteiger partial charge is 0.381 e. The second kappa shape index (κ2) is 6.35. The van der Waals surface area contributed by atoms with Gasteiger partial charge in [-0.25, -0.2) is 4.98 Å².